The van der Waals surface area contributed by atoms with E-state index in [1.54, 1.807) is 51.1 Å². The second-order valence-electron chi connectivity index (χ2n) is 9.43. The van der Waals surface area contributed by atoms with Gasteiger partial charge >= 0.3 is 13.7 Å². The number of imidazole rings is 1. The first kappa shape index (κ1) is 31.0. The minimum Gasteiger partial charge on any atom is -0.476 e. The van der Waals surface area contributed by atoms with Gasteiger partial charge in [0.15, 0.2) is 11.2 Å². The van der Waals surface area contributed by atoms with Crippen molar-refractivity contribution in [2.24, 2.45) is 5.11 Å². The monoisotopic (exact) mass is 605 g/mol. The Hall–Kier alpha value is -3.98. The van der Waals surface area contributed by atoms with Crippen molar-refractivity contribution in [3.05, 3.63) is 47.1 Å². The zero-order chi connectivity index (χ0) is 30.4. The van der Waals surface area contributed by atoms with Crippen molar-refractivity contribution in [1.29, 1.82) is 0 Å². The van der Waals surface area contributed by atoms with E-state index in [-0.39, 0.29) is 28.7 Å². The van der Waals surface area contributed by atoms with Crippen molar-refractivity contribution in [1.82, 2.24) is 24.6 Å². The highest BCUT2D eigenvalue weighted by atomic mass is 31.2. The van der Waals surface area contributed by atoms with Crippen LogP contribution in [0.1, 0.15) is 33.9 Å². The Kier molecular flexibility index (Phi) is 9.83. The van der Waals surface area contributed by atoms with E-state index >= 15 is 0 Å². The van der Waals surface area contributed by atoms with Crippen LogP contribution in [0.15, 0.2) is 41.8 Å². The molecule has 0 saturated carbocycles. The number of benzene rings is 1. The second-order valence-corrected chi connectivity index (χ2v) is 11.1. The Balaban J connectivity index is 1.58. The molecule has 0 radical (unpaired) electrons. The largest absolute Gasteiger partial charge is 0.476 e. The highest BCUT2D eigenvalue weighted by Crippen LogP contribution is 2.46. The van der Waals surface area contributed by atoms with Crippen LogP contribution in [0.2, 0.25) is 0 Å². The third-order valence-electron chi connectivity index (χ3n) is 5.92. The third kappa shape index (κ3) is 7.07. The number of hydrogen-bond donors (Lipinski definition) is 3. The maximum atomic E-state index is 13.8. The van der Waals surface area contributed by atoms with Crippen LogP contribution >= 0.6 is 7.75 Å². The smallest absolute Gasteiger partial charge is 0.459 e. The van der Waals surface area contributed by atoms with E-state index in [0.29, 0.717) is 6.61 Å². The van der Waals surface area contributed by atoms with Crippen molar-refractivity contribution in [2.75, 3.05) is 18.9 Å². The molecule has 1 saturated heterocycles. The Bertz CT molecular complexity index is 1480. The molecule has 2 aromatic heterocycles. The maximum Gasteiger partial charge on any atom is 0.459 e. The summed E-state index contributed by atoms with van der Waals surface area (Å²) in [7, 11) is -4.27. The van der Waals surface area contributed by atoms with Gasteiger partial charge in [0.2, 0.25) is 11.8 Å². The standard InChI is InChI=1S/C24H32N9O8P/c1-5-37-21-18-20(28-24(25)29-21)33(12-27-18)22-17(30-32-26)19(34)16(40-22)11-38-42(36,41-15-9-7-6-8-10-15)31-14(4)23(35)39-13(2)3/h6-10,12-14,16-17,19,22,34H,5,11H2,1-4H3,(H,31,36)(H2,25,28,29)/t14-,16-,17-,19-,22-,42-/m1/s1. The van der Waals surface area contributed by atoms with E-state index in [2.05, 4.69) is 30.1 Å². The van der Waals surface area contributed by atoms with Gasteiger partial charge in [-0.3, -0.25) is 13.9 Å². The quantitative estimate of drug-likeness (QED) is 0.0837. The third-order valence-corrected chi connectivity index (χ3v) is 7.56. The molecule has 1 aliphatic rings. The average Bonchev–Trinajstić information content (AvgIpc) is 3.48. The first-order valence-electron chi connectivity index (χ1n) is 13.0. The minimum absolute atomic E-state index is 0.0957. The van der Waals surface area contributed by atoms with Crippen LogP contribution in [-0.4, -0.2) is 74.2 Å². The van der Waals surface area contributed by atoms with E-state index in [9.17, 15) is 20.0 Å². The van der Waals surface area contributed by atoms with E-state index in [4.69, 9.17) is 29.0 Å². The molecule has 18 heteroatoms. The molecule has 0 unspecified atom stereocenters. The molecule has 1 aromatic carbocycles. The van der Waals surface area contributed by atoms with Crippen LogP contribution in [0.3, 0.4) is 0 Å². The van der Waals surface area contributed by atoms with Crippen LogP contribution in [0.4, 0.5) is 5.95 Å². The summed E-state index contributed by atoms with van der Waals surface area (Å²) >= 11 is 0. The topological polar surface area (TPSA) is 231 Å². The normalized spacial score (nSPS) is 22.3. The van der Waals surface area contributed by atoms with Gasteiger partial charge in [-0.1, -0.05) is 23.3 Å². The molecule has 42 heavy (non-hydrogen) atoms. The van der Waals surface area contributed by atoms with Gasteiger partial charge in [0.25, 0.3) is 0 Å². The summed E-state index contributed by atoms with van der Waals surface area (Å²) in [4.78, 5) is 27.8. The van der Waals surface area contributed by atoms with Gasteiger partial charge in [-0.2, -0.15) is 15.1 Å². The number of nitrogens with one attached hydrogen (secondary N) is 1. The number of carbonyl (C=O) groups excluding carboxylic acids is 1. The van der Waals surface area contributed by atoms with Gasteiger partial charge in [-0.25, -0.2) is 9.55 Å². The highest BCUT2D eigenvalue weighted by molar-refractivity contribution is 7.52. The molecule has 3 aromatic rings. The van der Waals surface area contributed by atoms with E-state index in [1.165, 1.54) is 17.8 Å². The number of azide groups is 1. The first-order chi connectivity index (χ1) is 20.0. The fourth-order valence-electron chi connectivity index (χ4n) is 4.12. The number of aromatic nitrogens is 4. The summed E-state index contributed by atoms with van der Waals surface area (Å²) in [5, 5.41) is 17.3. The summed E-state index contributed by atoms with van der Waals surface area (Å²) in [6.45, 7) is 6.37. The van der Waals surface area contributed by atoms with Gasteiger partial charge in [0.1, 0.15) is 30.2 Å². The number of para-hydroxylation sites is 1. The molecule has 4 N–H and O–H groups in total. The van der Waals surface area contributed by atoms with Crippen LogP contribution in [-0.2, 0) is 23.4 Å². The van der Waals surface area contributed by atoms with E-state index in [1.807, 2.05) is 0 Å². The minimum atomic E-state index is -4.27. The number of carbonyl (C=O) groups is 1. The number of hydrogen-bond acceptors (Lipinski definition) is 13. The Morgan fingerprint density at radius 2 is 2.05 bits per heavy atom. The van der Waals surface area contributed by atoms with Gasteiger partial charge < -0.3 is 29.6 Å². The number of aliphatic hydroxyl groups is 1. The summed E-state index contributed by atoms with van der Waals surface area (Å²) in [5.74, 6) is -0.428. The highest BCUT2D eigenvalue weighted by Gasteiger charge is 2.46. The molecular formula is C24H32N9O8P. The van der Waals surface area contributed by atoms with Crippen molar-refractivity contribution < 1.29 is 37.7 Å². The number of rotatable bonds is 13. The Labute approximate surface area is 240 Å². The lowest BCUT2D eigenvalue weighted by atomic mass is 10.1. The number of nitrogens with zero attached hydrogens (tertiary/aromatic N) is 7. The van der Waals surface area contributed by atoms with Crippen molar-refractivity contribution >= 4 is 30.8 Å². The number of aliphatic hydroxyl groups excluding tert-OH is 1. The lowest BCUT2D eigenvalue weighted by molar-refractivity contribution is -0.149. The number of nitrogen functional groups attached to an aromatic ring is 1. The summed E-state index contributed by atoms with van der Waals surface area (Å²) in [6.07, 6.45) is -2.74. The van der Waals surface area contributed by atoms with E-state index < -0.39 is 56.9 Å². The van der Waals surface area contributed by atoms with Crippen LogP contribution < -0.4 is 20.1 Å². The molecule has 0 bridgehead atoms. The molecule has 6 atom stereocenters. The van der Waals surface area contributed by atoms with Crippen molar-refractivity contribution in [2.45, 2.75) is 64.3 Å². The second kappa shape index (κ2) is 13.3. The Morgan fingerprint density at radius 3 is 2.71 bits per heavy atom. The molecule has 0 aliphatic carbocycles. The SMILES string of the molecule is CCOc1nc(N)nc2c1ncn2[C@@H]1O[C@H](CO[P@](=O)(N[C@H](C)C(=O)OC(C)C)Oc2ccccc2)[C@@H](O)[C@H]1N=[N+]=[N-]. The summed E-state index contributed by atoms with van der Waals surface area (Å²) < 4.78 is 43.3. The van der Waals surface area contributed by atoms with Crippen LogP contribution in [0.25, 0.3) is 21.6 Å². The summed E-state index contributed by atoms with van der Waals surface area (Å²) in [5.41, 5.74) is 15.5. The molecule has 0 spiro atoms. The van der Waals surface area contributed by atoms with Gasteiger partial charge in [0.05, 0.1) is 31.7 Å². The van der Waals surface area contributed by atoms with Gasteiger partial charge in [-0.05, 0) is 45.4 Å². The zero-order valence-electron chi connectivity index (χ0n) is 23.3. The molecule has 226 valence electrons. The number of ether oxygens (including phenoxy) is 3. The van der Waals surface area contributed by atoms with Gasteiger partial charge in [0, 0.05) is 4.91 Å². The fraction of sp³-hybridized carbons (Fsp3) is 0.500. The number of anilines is 1. The molecule has 0 amide bonds. The lowest BCUT2D eigenvalue weighted by Gasteiger charge is -2.25. The Morgan fingerprint density at radius 1 is 1.31 bits per heavy atom. The predicted molar refractivity (Wildman–Crippen MR) is 148 cm³/mol. The number of esters is 1. The maximum absolute atomic E-state index is 13.8. The van der Waals surface area contributed by atoms with E-state index in [0.717, 1.165) is 0 Å². The van der Waals surface area contributed by atoms with Crippen LogP contribution in [0, 0.1) is 0 Å². The predicted octanol–water partition coefficient (Wildman–Crippen LogP) is 2.88. The van der Waals surface area contributed by atoms with Gasteiger partial charge in [-0.15, -0.1) is 0 Å². The molecule has 3 heterocycles. The molecule has 1 aliphatic heterocycles. The molecular weight excluding hydrogens is 573 g/mol. The number of fused-ring (bicyclic) bond motifs is 1. The van der Waals surface area contributed by atoms with Crippen molar-refractivity contribution in [3.63, 3.8) is 0 Å². The zero-order valence-corrected chi connectivity index (χ0v) is 24.2. The molecule has 1 fully saturated rings. The molecule has 17 nitrogen and oxygen atoms in total. The first-order valence-corrected chi connectivity index (χ1v) is 14.6. The van der Waals surface area contributed by atoms with Crippen LogP contribution in [0.5, 0.6) is 11.6 Å². The summed E-state index contributed by atoms with van der Waals surface area (Å²) in [6, 6.07) is 5.92. The number of nitrogens with two attached hydrogens (primary N) is 1. The average molecular weight is 606 g/mol. The lowest BCUT2D eigenvalue weighted by Crippen LogP contribution is -2.37. The van der Waals surface area contributed by atoms with Crippen molar-refractivity contribution in [3.8, 4) is 11.6 Å². The fourth-order valence-corrected chi connectivity index (χ4v) is 5.62. The molecule has 4 rings (SSSR count).